The Balaban J connectivity index is 1.81. The molecule has 4 rings (SSSR count). The van der Waals surface area contributed by atoms with Crippen LogP contribution in [0.5, 0.6) is 0 Å². The number of methoxy groups -OCH3 is 2. The van der Waals surface area contributed by atoms with Crippen LogP contribution < -0.4 is 0 Å². The Kier molecular flexibility index (Phi) is 5.11. The second-order valence-electron chi connectivity index (χ2n) is 7.97. The first kappa shape index (κ1) is 20.5. The van der Waals surface area contributed by atoms with Gasteiger partial charge in [0.15, 0.2) is 0 Å². The molecule has 0 unspecified atom stereocenters. The van der Waals surface area contributed by atoms with Gasteiger partial charge >= 0.3 is 11.9 Å². The first-order valence-corrected chi connectivity index (χ1v) is 9.88. The Morgan fingerprint density at radius 1 is 1.07 bits per heavy atom. The van der Waals surface area contributed by atoms with Gasteiger partial charge in [-0.2, -0.15) is 0 Å². The van der Waals surface area contributed by atoms with E-state index in [4.69, 9.17) is 9.47 Å². The number of imide groups is 1. The zero-order valence-electron chi connectivity index (χ0n) is 17.2. The fourth-order valence-electron chi connectivity index (χ4n) is 5.35. The number of hydrogen-bond acceptors (Lipinski definition) is 8. The van der Waals surface area contributed by atoms with Crippen LogP contribution in [0.25, 0.3) is 0 Å². The molecule has 30 heavy (non-hydrogen) atoms. The van der Waals surface area contributed by atoms with Crippen molar-refractivity contribution in [3.8, 4) is 0 Å². The van der Waals surface area contributed by atoms with Crippen molar-refractivity contribution in [1.82, 2.24) is 14.7 Å². The third kappa shape index (κ3) is 2.76. The predicted octanol–water partition coefficient (Wildman–Crippen LogP) is -0.150. The second-order valence-corrected chi connectivity index (χ2v) is 7.97. The number of carbonyl (C=O) groups excluding carboxylic acids is 4. The van der Waals surface area contributed by atoms with Crippen molar-refractivity contribution in [3.63, 3.8) is 0 Å². The van der Waals surface area contributed by atoms with E-state index < -0.39 is 41.4 Å². The lowest BCUT2D eigenvalue weighted by Gasteiger charge is -2.34. The number of esters is 2. The third-order valence-electron chi connectivity index (χ3n) is 6.66. The van der Waals surface area contributed by atoms with Crippen molar-refractivity contribution < 1.29 is 28.7 Å². The maximum Gasteiger partial charge on any atom is 0.312 e. The zero-order valence-corrected chi connectivity index (χ0v) is 17.2. The van der Waals surface area contributed by atoms with Crippen LogP contribution in [0, 0.1) is 11.8 Å². The molecule has 3 aliphatic rings. The minimum absolute atomic E-state index is 0.161. The van der Waals surface area contributed by atoms with Gasteiger partial charge in [-0.15, -0.1) is 0 Å². The molecule has 3 fully saturated rings. The third-order valence-corrected chi connectivity index (χ3v) is 6.66. The number of carbonyl (C=O) groups is 4. The molecule has 0 radical (unpaired) electrons. The molecule has 3 heterocycles. The van der Waals surface area contributed by atoms with E-state index in [-0.39, 0.29) is 12.3 Å². The number of hydrogen-bond donors (Lipinski definition) is 0. The molecule has 2 amide bonds. The summed E-state index contributed by atoms with van der Waals surface area (Å²) in [5, 5.41) is 0. The fourth-order valence-corrected chi connectivity index (χ4v) is 5.35. The first-order valence-electron chi connectivity index (χ1n) is 9.88. The molecule has 3 aliphatic heterocycles. The van der Waals surface area contributed by atoms with E-state index >= 15 is 0 Å². The van der Waals surface area contributed by atoms with E-state index in [1.54, 1.807) is 0 Å². The molecule has 0 N–H and O–H groups in total. The van der Waals surface area contributed by atoms with Crippen molar-refractivity contribution in [1.29, 1.82) is 0 Å². The average molecular weight is 415 g/mol. The highest BCUT2D eigenvalue weighted by Gasteiger charge is 2.73. The summed E-state index contributed by atoms with van der Waals surface area (Å²) in [5.41, 5.74) is -0.391. The lowest BCUT2D eigenvalue weighted by Crippen LogP contribution is -2.56. The van der Waals surface area contributed by atoms with Gasteiger partial charge in [0.1, 0.15) is 17.4 Å². The van der Waals surface area contributed by atoms with Gasteiger partial charge in [-0.3, -0.25) is 33.9 Å². The van der Waals surface area contributed by atoms with Gasteiger partial charge in [0, 0.05) is 26.7 Å². The van der Waals surface area contributed by atoms with Gasteiger partial charge < -0.3 is 9.47 Å². The van der Waals surface area contributed by atoms with Crippen molar-refractivity contribution in [2.45, 2.75) is 24.7 Å². The quantitative estimate of drug-likeness (QED) is 0.495. The van der Waals surface area contributed by atoms with Crippen LogP contribution in [0.4, 0.5) is 0 Å². The number of likely N-dealkylation sites (N-methyl/N-ethyl adjacent to an activating group) is 1. The maximum atomic E-state index is 13.3. The number of fused-ring (bicyclic) bond motifs is 2. The monoisotopic (exact) mass is 415 g/mol. The molecule has 160 valence electrons. The lowest BCUT2D eigenvalue weighted by atomic mass is 9.77. The number of rotatable bonds is 4. The summed E-state index contributed by atoms with van der Waals surface area (Å²) in [4.78, 5) is 56.6. The SMILES string of the molecule is COC(=O)[C@@H]1[C@@H]2N(Cc3ccccc3)CCN2[C@]2(CC(=O)N(C)C2=O)[C@H]1C(=O)OC. The summed E-state index contributed by atoms with van der Waals surface area (Å²) in [6, 6.07) is 9.76. The molecule has 3 saturated heterocycles. The van der Waals surface area contributed by atoms with Crippen LogP contribution in [0.3, 0.4) is 0 Å². The highest BCUT2D eigenvalue weighted by Crippen LogP contribution is 2.52. The topological polar surface area (TPSA) is 96.5 Å². The van der Waals surface area contributed by atoms with Gasteiger partial charge in [-0.1, -0.05) is 30.3 Å². The number of amides is 2. The average Bonchev–Trinajstić information content (AvgIpc) is 3.36. The summed E-state index contributed by atoms with van der Waals surface area (Å²) in [6.45, 7) is 1.58. The van der Waals surface area contributed by atoms with E-state index in [9.17, 15) is 19.2 Å². The number of ether oxygens (including phenoxy) is 2. The summed E-state index contributed by atoms with van der Waals surface area (Å²) in [5.74, 6) is -4.19. The second kappa shape index (κ2) is 7.48. The predicted molar refractivity (Wildman–Crippen MR) is 103 cm³/mol. The van der Waals surface area contributed by atoms with Crippen LogP contribution in [0.1, 0.15) is 12.0 Å². The van der Waals surface area contributed by atoms with Crippen LogP contribution in [-0.2, 0) is 35.2 Å². The van der Waals surface area contributed by atoms with Crippen LogP contribution >= 0.6 is 0 Å². The van der Waals surface area contributed by atoms with Gasteiger partial charge in [-0.05, 0) is 5.56 Å². The highest BCUT2D eigenvalue weighted by molar-refractivity contribution is 6.11. The smallest absolute Gasteiger partial charge is 0.312 e. The summed E-state index contributed by atoms with van der Waals surface area (Å²) >= 11 is 0. The molecule has 0 saturated carbocycles. The van der Waals surface area contributed by atoms with E-state index in [0.29, 0.717) is 19.6 Å². The van der Waals surface area contributed by atoms with E-state index in [1.165, 1.54) is 21.3 Å². The Morgan fingerprint density at radius 2 is 1.73 bits per heavy atom. The molecule has 4 atom stereocenters. The summed E-state index contributed by atoms with van der Waals surface area (Å²) in [6.07, 6.45) is -0.712. The van der Waals surface area contributed by atoms with Crippen molar-refractivity contribution in [2.75, 3.05) is 34.4 Å². The maximum absolute atomic E-state index is 13.3. The van der Waals surface area contributed by atoms with Crippen LogP contribution in [-0.4, -0.2) is 84.5 Å². The zero-order chi connectivity index (χ0) is 21.6. The van der Waals surface area contributed by atoms with Crippen molar-refractivity contribution >= 4 is 23.8 Å². The largest absolute Gasteiger partial charge is 0.469 e. The number of nitrogens with zero attached hydrogens (tertiary/aromatic N) is 3. The van der Waals surface area contributed by atoms with Crippen molar-refractivity contribution in [2.24, 2.45) is 11.8 Å². The van der Waals surface area contributed by atoms with Crippen molar-refractivity contribution in [3.05, 3.63) is 35.9 Å². The summed E-state index contributed by atoms with van der Waals surface area (Å²) in [7, 11) is 3.89. The normalized spacial score (nSPS) is 31.4. The van der Waals surface area contributed by atoms with Crippen LogP contribution in [0.15, 0.2) is 30.3 Å². The molecule has 1 aromatic carbocycles. The van der Waals surface area contributed by atoms with Gasteiger partial charge in [0.2, 0.25) is 5.91 Å². The molecular formula is C21H25N3O6. The molecule has 0 aliphatic carbocycles. The molecule has 9 nitrogen and oxygen atoms in total. The standard InChI is InChI=1S/C21H25N3O6/c1-22-14(25)11-21(20(22)28)16(19(27)30-3)15(18(26)29-2)17-23(9-10-24(17)21)12-13-7-5-4-6-8-13/h4-8,15-17H,9-12H2,1-3H3/t15-,16+,17+,21+/m0/s1. The molecule has 1 spiro atoms. The van der Waals surface area contributed by atoms with E-state index in [2.05, 4.69) is 4.90 Å². The minimum atomic E-state index is -1.44. The Bertz CT molecular complexity index is 890. The van der Waals surface area contributed by atoms with E-state index in [0.717, 1.165) is 10.5 Å². The lowest BCUT2D eigenvalue weighted by molar-refractivity contribution is -0.161. The minimum Gasteiger partial charge on any atom is -0.469 e. The Hall–Kier alpha value is -2.78. The highest BCUT2D eigenvalue weighted by atomic mass is 16.5. The number of benzene rings is 1. The van der Waals surface area contributed by atoms with Gasteiger partial charge in [0.25, 0.3) is 5.91 Å². The van der Waals surface area contributed by atoms with Gasteiger partial charge in [0.05, 0.1) is 26.8 Å². The van der Waals surface area contributed by atoms with E-state index in [1.807, 2.05) is 35.2 Å². The molecule has 0 aromatic heterocycles. The summed E-state index contributed by atoms with van der Waals surface area (Å²) < 4.78 is 10.1. The first-order chi connectivity index (χ1) is 14.4. The Labute approximate surface area is 174 Å². The van der Waals surface area contributed by atoms with Gasteiger partial charge in [-0.25, -0.2) is 0 Å². The fraction of sp³-hybridized carbons (Fsp3) is 0.524. The molecule has 1 aromatic rings. The Morgan fingerprint density at radius 3 is 2.30 bits per heavy atom. The number of likely N-dealkylation sites (tertiary alicyclic amines) is 1. The van der Waals surface area contributed by atoms with Crippen LogP contribution in [0.2, 0.25) is 0 Å². The molecule has 0 bridgehead atoms. The molecular weight excluding hydrogens is 390 g/mol. The molecule has 9 heteroatoms.